The van der Waals surface area contributed by atoms with Crippen molar-refractivity contribution < 1.29 is 22.7 Å². The maximum absolute atomic E-state index is 13.0. The lowest BCUT2D eigenvalue weighted by Gasteiger charge is -2.37. The number of aromatic nitrogens is 4. The Bertz CT molecular complexity index is 1190. The minimum absolute atomic E-state index is 0.00349. The van der Waals surface area contributed by atoms with E-state index in [2.05, 4.69) is 19.9 Å². The van der Waals surface area contributed by atoms with Crippen LogP contribution in [0.5, 0.6) is 0 Å². The standard InChI is InChI=1S/C20H21ClF3N7O2/c1-30(10-20(22,23)24)18(32)19(25)6-12(33-2)9-31(19)15-3-4-26-17(29-15)14-8-28-16-13(14)5-11(21)7-27-16/h3-5,7-8,12H,6,9-10,25H2,1-2H3,(H,27,28)/t12?,19-/m0/s1. The van der Waals surface area contributed by atoms with Crippen molar-refractivity contribution in [2.75, 3.05) is 32.1 Å². The quantitative estimate of drug-likeness (QED) is 0.573. The van der Waals surface area contributed by atoms with Gasteiger partial charge in [0.1, 0.15) is 18.0 Å². The Hall–Kier alpha value is -2.96. The van der Waals surface area contributed by atoms with Crippen LogP contribution in [-0.2, 0) is 9.53 Å². The number of fused-ring (bicyclic) bond motifs is 1. The molecule has 0 radical (unpaired) electrons. The average Bonchev–Trinajstić information content (AvgIpc) is 3.33. The van der Waals surface area contributed by atoms with Gasteiger partial charge in [0.05, 0.1) is 11.1 Å². The van der Waals surface area contributed by atoms with Gasteiger partial charge in [0, 0.05) is 56.7 Å². The Morgan fingerprint density at radius 3 is 2.91 bits per heavy atom. The topological polar surface area (TPSA) is 113 Å². The molecule has 176 valence electrons. The van der Waals surface area contributed by atoms with Gasteiger partial charge in [-0.2, -0.15) is 13.2 Å². The number of rotatable bonds is 5. The molecule has 3 aromatic heterocycles. The average molecular weight is 484 g/mol. The first-order valence-corrected chi connectivity index (χ1v) is 10.3. The smallest absolute Gasteiger partial charge is 0.379 e. The first-order chi connectivity index (χ1) is 15.5. The Morgan fingerprint density at radius 1 is 1.45 bits per heavy atom. The number of nitrogens with zero attached hydrogens (tertiary/aromatic N) is 5. The van der Waals surface area contributed by atoms with Crippen LogP contribution in [0.1, 0.15) is 6.42 Å². The summed E-state index contributed by atoms with van der Waals surface area (Å²) in [6, 6.07) is 3.26. The molecule has 33 heavy (non-hydrogen) atoms. The van der Waals surface area contributed by atoms with E-state index >= 15 is 0 Å². The van der Waals surface area contributed by atoms with Crippen molar-refractivity contribution in [1.29, 1.82) is 0 Å². The number of anilines is 1. The molecule has 1 fully saturated rings. The van der Waals surface area contributed by atoms with Crippen molar-refractivity contribution in [3.63, 3.8) is 0 Å². The zero-order chi connectivity index (χ0) is 24.0. The summed E-state index contributed by atoms with van der Waals surface area (Å²) >= 11 is 6.07. The predicted octanol–water partition coefficient (Wildman–Crippen LogP) is 2.57. The van der Waals surface area contributed by atoms with Gasteiger partial charge in [0.25, 0.3) is 5.91 Å². The number of nitrogens with two attached hydrogens (primary N) is 1. The molecule has 1 aliphatic rings. The van der Waals surface area contributed by atoms with Crippen LogP contribution in [0.2, 0.25) is 5.02 Å². The van der Waals surface area contributed by atoms with Crippen molar-refractivity contribution in [2.45, 2.75) is 24.4 Å². The number of carbonyl (C=O) groups is 1. The maximum Gasteiger partial charge on any atom is 0.406 e. The highest BCUT2D eigenvalue weighted by atomic mass is 35.5. The lowest BCUT2D eigenvalue weighted by Crippen LogP contribution is -2.63. The summed E-state index contributed by atoms with van der Waals surface area (Å²) in [7, 11) is 2.52. The number of pyridine rings is 1. The van der Waals surface area contributed by atoms with Crippen molar-refractivity contribution in [2.24, 2.45) is 5.73 Å². The Morgan fingerprint density at radius 2 is 2.21 bits per heavy atom. The van der Waals surface area contributed by atoms with E-state index in [1.54, 1.807) is 18.3 Å². The van der Waals surface area contributed by atoms with Crippen LogP contribution in [0.3, 0.4) is 0 Å². The highest BCUT2D eigenvalue weighted by molar-refractivity contribution is 6.31. The zero-order valence-corrected chi connectivity index (χ0v) is 18.5. The number of nitrogens with one attached hydrogen (secondary N) is 1. The van der Waals surface area contributed by atoms with E-state index in [9.17, 15) is 18.0 Å². The number of aromatic amines is 1. The van der Waals surface area contributed by atoms with Gasteiger partial charge in [0.2, 0.25) is 0 Å². The third-order valence-corrected chi connectivity index (χ3v) is 5.74. The maximum atomic E-state index is 13.0. The van der Waals surface area contributed by atoms with Gasteiger partial charge >= 0.3 is 6.18 Å². The van der Waals surface area contributed by atoms with E-state index in [0.717, 1.165) is 7.05 Å². The fourth-order valence-corrected chi connectivity index (χ4v) is 4.17. The van der Waals surface area contributed by atoms with E-state index in [0.29, 0.717) is 32.3 Å². The molecule has 1 unspecified atom stereocenters. The molecule has 4 heterocycles. The minimum Gasteiger partial charge on any atom is -0.379 e. The van der Waals surface area contributed by atoms with Crippen LogP contribution < -0.4 is 10.6 Å². The van der Waals surface area contributed by atoms with Crippen LogP contribution in [0.25, 0.3) is 22.4 Å². The third-order valence-electron chi connectivity index (χ3n) is 5.53. The summed E-state index contributed by atoms with van der Waals surface area (Å²) in [5, 5.41) is 1.12. The van der Waals surface area contributed by atoms with Gasteiger partial charge in [-0.1, -0.05) is 11.6 Å². The van der Waals surface area contributed by atoms with Crippen LogP contribution in [0.4, 0.5) is 19.0 Å². The minimum atomic E-state index is -4.56. The summed E-state index contributed by atoms with van der Waals surface area (Å²) < 4.78 is 44.1. The summed E-state index contributed by atoms with van der Waals surface area (Å²) in [4.78, 5) is 31.2. The largest absolute Gasteiger partial charge is 0.406 e. The van der Waals surface area contributed by atoms with Gasteiger partial charge in [-0.05, 0) is 12.1 Å². The molecule has 0 aliphatic carbocycles. The molecular weight excluding hydrogens is 463 g/mol. The summed E-state index contributed by atoms with van der Waals surface area (Å²) in [6.45, 7) is -1.26. The molecule has 3 N–H and O–H groups in total. The van der Waals surface area contributed by atoms with E-state index < -0.39 is 30.4 Å². The predicted molar refractivity (Wildman–Crippen MR) is 116 cm³/mol. The molecular formula is C20H21ClF3N7O2. The first kappa shape index (κ1) is 23.2. The molecule has 1 saturated heterocycles. The van der Waals surface area contributed by atoms with E-state index in [1.165, 1.54) is 24.4 Å². The molecule has 0 saturated carbocycles. The van der Waals surface area contributed by atoms with Gasteiger partial charge in [0.15, 0.2) is 11.5 Å². The number of alkyl halides is 3. The number of halogens is 4. The van der Waals surface area contributed by atoms with Crippen molar-refractivity contribution in [3.05, 3.63) is 35.7 Å². The highest BCUT2D eigenvalue weighted by Gasteiger charge is 2.51. The van der Waals surface area contributed by atoms with Crippen LogP contribution in [0, 0.1) is 0 Å². The second kappa shape index (κ2) is 8.43. The third kappa shape index (κ3) is 4.45. The fraction of sp³-hybridized carbons (Fsp3) is 0.400. The monoisotopic (exact) mass is 483 g/mol. The number of ether oxygens (including phenoxy) is 1. The molecule has 13 heteroatoms. The molecule has 0 bridgehead atoms. The van der Waals surface area contributed by atoms with Crippen LogP contribution in [-0.4, -0.2) is 75.9 Å². The van der Waals surface area contributed by atoms with Gasteiger partial charge in [-0.15, -0.1) is 0 Å². The zero-order valence-electron chi connectivity index (χ0n) is 17.7. The molecule has 4 rings (SSSR count). The second-order valence-electron chi connectivity index (χ2n) is 7.86. The number of H-pyrrole nitrogens is 1. The van der Waals surface area contributed by atoms with Crippen molar-refractivity contribution >= 4 is 34.4 Å². The summed E-state index contributed by atoms with van der Waals surface area (Å²) in [6.07, 6.45) is -0.379. The fourth-order valence-electron chi connectivity index (χ4n) is 4.01. The van der Waals surface area contributed by atoms with Gasteiger partial charge in [-0.3, -0.25) is 4.79 Å². The molecule has 0 aromatic carbocycles. The van der Waals surface area contributed by atoms with Gasteiger partial charge < -0.3 is 25.3 Å². The Balaban J connectivity index is 1.72. The molecule has 1 aliphatic heterocycles. The SMILES string of the molecule is COC1CN(c2ccnc(-c3c[nH]c4ncc(Cl)cc34)n2)[C@](N)(C(=O)N(C)CC(F)(F)F)C1. The number of amides is 1. The van der Waals surface area contributed by atoms with Crippen molar-refractivity contribution in [3.8, 4) is 11.4 Å². The van der Waals surface area contributed by atoms with Crippen LogP contribution >= 0.6 is 11.6 Å². The lowest BCUT2D eigenvalue weighted by molar-refractivity contribution is -0.161. The molecule has 1 amide bonds. The second-order valence-corrected chi connectivity index (χ2v) is 8.30. The lowest BCUT2D eigenvalue weighted by atomic mass is 10.1. The molecule has 0 spiro atoms. The molecule has 9 nitrogen and oxygen atoms in total. The van der Waals surface area contributed by atoms with E-state index in [4.69, 9.17) is 22.1 Å². The normalized spacial score (nSPS) is 21.1. The van der Waals surface area contributed by atoms with E-state index in [1.807, 2.05) is 0 Å². The first-order valence-electron chi connectivity index (χ1n) is 9.89. The number of hydrogen-bond acceptors (Lipinski definition) is 7. The van der Waals surface area contributed by atoms with Crippen LogP contribution in [0.15, 0.2) is 30.7 Å². The summed E-state index contributed by atoms with van der Waals surface area (Å²) in [5.41, 5.74) is 5.86. The number of methoxy groups -OCH3 is 1. The summed E-state index contributed by atoms with van der Waals surface area (Å²) in [5.74, 6) is -0.301. The number of likely N-dealkylation sites (N-methyl/N-ethyl adjacent to an activating group) is 1. The van der Waals surface area contributed by atoms with E-state index in [-0.39, 0.29) is 18.8 Å². The Kier molecular flexibility index (Phi) is 5.93. The molecule has 2 atom stereocenters. The van der Waals surface area contributed by atoms with Crippen molar-refractivity contribution in [1.82, 2.24) is 24.8 Å². The van der Waals surface area contributed by atoms with Gasteiger partial charge in [-0.25, -0.2) is 15.0 Å². The molecule has 3 aromatic rings. The Labute approximate surface area is 191 Å². The highest BCUT2D eigenvalue weighted by Crippen LogP contribution is 2.34. The number of carbonyl (C=O) groups excluding carboxylic acids is 1. The number of hydrogen-bond donors (Lipinski definition) is 2.